The zero-order chi connectivity index (χ0) is 14.4. The van der Waals surface area contributed by atoms with E-state index in [1.54, 1.807) is 0 Å². The van der Waals surface area contributed by atoms with Gasteiger partial charge in [0.25, 0.3) is 0 Å². The zero-order valence-corrected chi connectivity index (χ0v) is 12.3. The smallest absolute Gasteiger partial charge is 0.231 e. The van der Waals surface area contributed by atoms with Crippen molar-refractivity contribution in [1.82, 2.24) is 10.1 Å². The monoisotopic (exact) mass is 283 g/mol. The van der Waals surface area contributed by atoms with Gasteiger partial charge < -0.3 is 10.3 Å². The van der Waals surface area contributed by atoms with E-state index in [2.05, 4.69) is 41.3 Å². The number of hydrogen-bond acceptors (Lipinski definition) is 4. The summed E-state index contributed by atoms with van der Waals surface area (Å²) in [6.45, 7) is 2.11. The highest BCUT2D eigenvalue weighted by Crippen LogP contribution is 2.51. The molecule has 4 atom stereocenters. The van der Waals surface area contributed by atoms with Crippen molar-refractivity contribution >= 4 is 0 Å². The largest absolute Gasteiger partial charge is 0.339 e. The molecule has 2 aliphatic rings. The molecule has 2 N–H and O–H groups in total. The molecule has 1 aromatic carbocycles. The summed E-state index contributed by atoms with van der Waals surface area (Å²) < 4.78 is 5.54. The van der Waals surface area contributed by atoms with Crippen LogP contribution in [0.5, 0.6) is 0 Å². The third kappa shape index (κ3) is 2.18. The number of benzene rings is 1. The molecule has 110 valence electrons. The minimum absolute atomic E-state index is 0.204. The average molecular weight is 283 g/mol. The predicted octanol–water partition coefficient (Wildman–Crippen LogP) is 2.81. The summed E-state index contributed by atoms with van der Waals surface area (Å²) in [7, 11) is 0. The van der Waals surface area contributed by atoms with E-state index in [0.29, 0.717) is 11.8 Å². The van der Waals surface area contributed by atoms with Crippen molar-refractivity contribution < 1.29 is 4.52 Å². The molecule has 21 heavy (non-hydrogen) atoms. The second-order valence-electron chi connectivity index (χ2n) is 6.59. The Hall–Kier alpha value is -1.68. The van der Waals surface area contributed by atoms with E-state index >= 15 is 0 Å². The van der Waals surface area contributed by atoms with E-state index in [1.165, 1.54) is 30.4 Å². The maximum Gasteiger partial charge on any atom is 0.231 e. The van der Waals surface area contributed by atoms with Gasteiger partial charge in [-0.05, 0) is 49.1 Å². The van der Waals surface area contributed by atoms with Gasteiger partial charge in [-0.2, -0.15) is 4.98 Å². The molecule has 1 aromatic heterocycles. The van der Waals surface area contributed by atoms with Gasteiger partial charge in [-0.25, -0.2) is 0 Å². The van der Waals surface area contributed by atoms with Gasteiger partial charge in [0, 0.05) is 12.5 Å². The highest BCUT2D eigenvalue weighted by Gasteiger charge is 2.48. The first-order valence-corrected chi connectivity index (χ1v) is 7.85. The SMILES string of the molecule is Cc1ccccc1Cc1noc(C2C3CCC(C3)C2N)n1. The summed E-state index contributed by atoms with van der Waals surface area (Å²) in [6.07, 6.45) is 4.50. The highest BCUT2D eigenvalue weighted by atomic mass is 16.5. The van der Waals surface area contributed by atoms with Gasteiger partial charge in [-0.3, -0.25) is 0 Å². The third-order valence-electron chi connectivity index (χ3n) is 5.36. The van der Waals surface area contributed by atoms with Crippen LogP contribution in [0.4, 0.5) is 0 Å². The Labute approximate surface area is 124 Å². The molecule has 4 heteroatoms. The summed E-state index contributed by atoms with van der Waals surface area (Å²) in [5, 5.41) is 4.17. The van der Waals surface area contributed by atoms with Gasteiger partial charge in [0.15, 0.2) is 5.82 Å². The lowest BCUT2D eigenvalue weighted by Crippen LogP contribution is -2.34. The van der Waals surface area contributed by atoms with Crippen molar-refractivity contribution in [2.24, 2.45) is 17.6 Å². The lowest BCUT2D eigenvalue weighted by Gasteiger charge is -2.24. The zero-order valence-electron chi connectivity index (χ0n) is 12.3. The van der Waals surface area contributed by atoms with Crippen LogP contribution in [0.15, 0.2) is 28.8 Å². The van der Waals surface area contributed by atoms with Gasteiger partial charge >= 0.3 is 0 Å². The van der Waals surface area contributed by atoms with Crippen LogP contribution >= 0.6 is 0 Å². The summed E-state index contributed by atoms with van der Waals surface area (Å²) in [5.41, 5.74) is 8.87. The number of nitrogens with zero attached hydrogens (tertiary/aromatic N) is 2. The van der Waals surface area contributed by atoms with Gasteiger partial charge in [0.1, 0.15) is 0 Å². The molecule has 0 radical (unpaired) electrons. The molecule has 2 aromatic rings. The number of aromatic nitrogens is 2. The molecular weight excluding hydrogens is 262 g/mol. The molecule has 0 spiro atoms. The number of fused-ring (bicyclic) bond motifs is 2. The van der Waals surface area contributed by atoms with Gasteiger partial charge in [-0.1, -0.05) is 29.4 Å². The van der Waals surface area contributed by atoms with Crippen LogP contribution in [0.25, 0.3) is 0 Å². The highest BCUT2D eigenvalue weighted by molar-refractivity contribution is 5.28. The average Bonchev–Trinajstić information content (AvgIpc) is 3.17. The Morgan fingerprint density at radius 3 is 2.81 bits per heavy atom. The fraction of sp³-hybridized carbons (Fsp3) is 0.529. The van der Waals surface area contributed by atoms with Crippen LogP contribution in [-0.2, 0) is 6.42 Å². The van der Waals surface area contributed by atoms with Crippen LogP contribution < -0.4 is 5.73 Å². The molecule has 2 aliphatic carbocycles. The fourth-order valence-electron chi connectivity index (χ4n) is 4.16. The third-order valence-corrected chi connectivity index (χ3v) is 5.36. The number of aryl methyl sites for hydroxylation is 1. The first-order chi connectivity index (χ1) is 10.2. The Balaban J connectivity index is 1.55. The maximum atomic E-state index is 6.35. The first kappa shape index (κ1) is 13.0. The molecule has 2 fully saturated rings. The Kier molecular flexibility index (Phi) is 3.07. The van der Waals surface area contributed by atoms with Gasteiger partial charge in [0.05, 0.1) is 5.92 Å². The van der Waals surface area contributed by atoms with E-state index < -0.39 is 0 Å². The van der Waals surface area contributed by atoms with Crippen molar-refractivity contribution in [3.05, 3.63) is 47.1 Å². The normalized spacial score (nSPS) is 31.0. The first-order valence-electron chi connectivity index (χ1n) is 7.85. The molecule has 4 nitrogen and oxygen atoms in total. The van der Waals surface area contributed by atoms with Gasteiger partial charge in [0.2, 0.25) is 5.89 Å². The predicted molar refractivity (Wildman–Crippen MR) is 79.8 cm³/mol. The minimum Gasteiger partial charge on any atom is -0.339 e. The van der Waals surface area contributed by atoms with Crippen LogP contribution in [-0.4, -0.2) is 16.2 Å². The fourth-order valence-corrected chi connectivity index (χ4v) is 4.16. The molecule has 4 unspecified atom stereocenters. The van der Waals surface area contributed by atoms with Crippen LogP contribution in [0.1, 0.15) is 48.0 Å². The Morgan fingerprint density at radius 2 is 2.05 bits per heavy atom. The van der Waals surface area contributed by atoms with Crippen LogP contribution in [0, 0.1) is 18.8 Å². The Morgan fingerprint density at radius 1 is 1.24 bits per heavy atom. The van der Waals surface area contributed by atoms with Crippen LogP contribution in [0.2, 0.25) is 0 Å². The van der Waals surface area contributed by atoms with E-state index in [-0.39, 0.29) is 12.0 Å². The Bertz CT molecular complexity index is 649. The quantitative estimate of drug-likeness (QED) is 0.940. The summed E-state index contributed by atoms with van der Waals surface area (Å²) >= 11 is 0. The second kappa shape index (κ2) is 4.95. The second-order valence-corrected chi connectivity index (χ2v) is 6.59. The van der Waals surface area contributed by atoms with Crippen LogP contribution in [0.3, 0.4) is 0 Å². The molecular formula is C17H21N3O. The topological polar surface area (TPSA) is 64.9 Å². The van der Waals surface area contributed by atoms with Gasteiger partial charge in [-0.15, -0.1) is 0 Å². The minimum atomic E-state index is 0.204. The van der Waals surface area contributed by atoms with Crippen molar-refractivity contribution in [2.45, 2.75) is 44.6 Å². The lowest BCUT2D eigenvalue weighted by molar-refractivity contribution is 0.278. The van der Waals surface area contributed by atoms with E-state index in [4.69, 9.17) is 10.3 Å². The molecule has 0 amide bonds. The van der Waals surface area contributed by atoms with E-state index in [9.17, 15) is 0 Å². The maximum absolute atomic E-state index is 6.35. The summed E-state index contributed by atoms with van der Waals surface area (Å²) in [5.74, 6) is 3.12. The number of nitrogens with two attached hydrogens (primary N) is 1. The van der Waals surface area contributed by atoms with Crippen molar-refractivity contribution in [3.8, 4) is 0 Å². The molecule has 1 heterocycles. The van der Waals surface area contributed by atoms with E-state index in [0.717, 1.165) is 18.1 Å². The molecule has 2 bridgehead atoms. The lowest BCUT2D eigenvalue weighted by atomic mass is 9.85. The molecule has 0 aliphatic heterocycles. The van der Waals surface area contributed by atoms with E-state index in [1.807, 2.05) is 0 Å². The number of rotatable bonds is 3. The van der Waals surface area contributed by atoms with Crippen molar-refractivity contribution in [1.29, 1.82) is 0 Å². The standard InChI is InChI=1S/C17H21N3O/c1-10-4-2-3-5-11(10)9-14-19-17(21-20-14)15-12-6-7-13(8-12)16(15)18/h2-5,12-13,15-16H,6-9,18H2,1H3. The summed E-state index contributed by atoms with van der Waals surface area (Å²) in [4.78, 5) is 4.64. The number of hydrogen-bond donors (Lipinski definition) is 1. The molecule has 4 rings (SSSR count). The van der Waals surface area contributed by atoms with Crippen molar-refractivity contribution in [2.75, 3.05) is 0 Å². The van der Waals surface area contributed by atoms with Crippen molar-refractivity contribution in [3.63, 3.8) is 0 Å². The summed E-state index contributed by atoms with van der Waals surface area (Å²) in [6, 6.07) is 8.54. The molecule has 0 saturated heterocycles. The molecule has 2 saturated carbocycles.